The van der Waals surface area contributed by atoms with Gasteiger partial charge in [0.05, 0.1) is 18.4 Å². The summed E-state index contributed by atoms with van der Waals surface area (Å²) in [6.07, 6.45) is 0. The third-order valence-electron chi connectivity index (χ3n) is 2.02. The van der Waals surface area contributed by atoms with E-state index >= 15 is 0 Å². The highest BCUT2D eigenvalue weighted by Gasteiger charge is 2.19. The molecule has 0 unspecified atom stereocenters. The summed E-state index contributed by atoms with van der Waals surface area (Å²) in [5.74, 6) is -0.578. The molecule has 1 aromatic rings. The lowest BCUT2D eigenvalue weighted by Crippen LogP contribution is -2.36. The predicted octanol–water partition coefficient (Wildman–Crippen LogP) is -0.190. The Morgan fingerprint density at radius 3 is 2.44 bits per heavy atom. The van der Waals surface area contributed by atoms with Crippen LogP contribution in [-0.2, 0) is 14.8 Å². The lowest BCUT2D eigenvalue weighted by atomic mass is 10.2. The third-order valence-corrected chi connectivity index (χ3v) is 3.58. The molecule has 8 heteroatoms. The number of hydrogen-bond acceptors (Lipinski definition) is 6. The zero-order valence-corrected chi connectivity index (χ0v) is 11.1. The van der Waals surface area contributed by atoms with Gasteiger partial charge in [-0.15, -0.1) is 4.83 Å². The number of anilines is 1. The zero-order chi connectivity index (χ0) is 13.9. The molecule has 0 atom stereocenters. The molecule has 0 spiro atoms. The summed E-state index contributed by atoms with van der Waals surface area (Å²) >= 11 is 0. The van der Waals surface area contributed by atoms with Gasteiger partial charge in [0.15, 0.2) is 0 Å². The SMILES string of the molecule is COC(=O)c1ccc(S(=O)(=O)NN(C)C)c(N)c1. The van der Waals surface area contributed by atoms with Gasteiger partial charge in [-0.3, -0.25) is 0 Å². The summed E-state index contributed by atoms with van der Waals surface area (Å²) in [5, 5.41) is 1.28. The number of rotatable bonds is 4. The van der Waals surface area contributed by atoms with Crippen LogP contribution in [-0.4, -0.2) is 40.6 Å². The summed E-state index contributed by atoms with van der Waals surface area (Å²) < 4.78 is 28.2. The van der Waals surface area contributed by atoms with Gasteiger partial charge in [0.2, 0.25) is 0 Å². The Morgan fingerprint density at radius 1 is 1.39 bits per heavy atom. The maximum Gasteiger partial charge on any atom is 0.337 e. The van der Waals surface area contributed by atoms with E-state index in [1.807, 2.05) is 0 Å². The number of methoxy groups -OCH3 is 1. The van der Waals surface area contributed by atoms with Gasteiger partial charge in [-0.2, -0.15) is 0 Å². The number of nitrogens with two attached hydrogens (primary N) is 1. The molecule has 0 aliphatic carbocycles. The first kappa shape index (κ1) is 14.4. The highest BCUT2D eigenvalue weighted by Crippen LogP contribution is 2.20. The molecular weight excluding hydrogens is 258 g/mol. The molecule has 0 aliphatic heterocycles. The van der Waals surface area contributed by atoms with E-state index < -0.39 is 16.0 Å². The molecule has 18 heavy (non-hydrogen) atoms. The first-order valence-electron chi connectivity index (χ1n) is 4.95. The van der Waals surface area contributed by atoms with Gasteiger partial charge in [-0.1, -0.05) is 0 Å². The number of esters is 1. The standard InChI is InChI=1S/C10H15N3O4S/c1-13(2)12-18(15,16)9-5-4-7(6-8(9)11)10(14)17-3/h4-6,12H,11H2,1-3H3. The van der Waals surface area contributed by atoms with Gasteiger partial charge < -0.3 is 10.5 Å². The Labute approximate surface area is 106 Å². The lowest BCUT2D eigenvalue weighted by Gasteiger charge is -2.14. The van der Waals surface area contributed by atoms with E-state index in [1.54, 1.807) is 0 Å². The van der Waals surface area contributed by atoms with Crippen LogP contribution in [0.2, 0.25) is 0 Å². The second-order valence-corrected chi connectivity index (χ2v) is 5.36. The number of hydrogen-bond donors (Lipinski definition) is 2. The van der Waals surface area contributed by atoms with E-state index in [-0.39, 0.29) is 16.1 Å². The van der Waals surface area contributed by atoms with Gasteiger partial charge >= 0.3 is 5.97 Å². The number of nitrogens with one attached hydrogen (secondary N) is 1. The van der Waals surface area contributed by atoms with E-state index in [1.165, 1.54) is 44.4 Å². The molecule has 0 bridgehead atoms. The predicted molar refractivity (Wildman–Crippen MR) is 66.2 cm³/mol. The van der Waals surface area contributed by atoms with Gasteiger partial charge in [0.25, 0.3) is 10.0 Å². The lowest BCUT2D eigenvalue weighted by molar-refractivity contribution is 0.0600. The normalized spacial score (nSPS) is 11.6. The van der Waals surface area contributed by atoms with E-state index in [0.29, 0.717) is 0 Å². The summed E-state index contributed by atoms with van der Waals surface area (Å²) in [7, 11) is 0.569. The summed E-state index contributed by atoms with van der Waals surface area (Å²) in [4.78, 5) is 13.4. The van der Waals surface area contributed by atoms with E-state index in [4.69, 9.17) is 5.73 Å². The highest BCUT2D eigenvalue weighted by molar-refractivity contribution is 7.89. The van der Waals surface area contributed by atoms with Crippen LogP contribution in [0.15, 0.2) is 23.1 Å². The van der Waals surface area contributed by atoms with E-state index in [9.17, 15) is 13.2 Å². The molecule has 0 amide bonds. The fourth-order valence-electron chi connectivity index (χ4n) is 1.33. The van der Waals surface area contributed by atoms with Crippen LogP contribution in [0, 0.1) is 0 Å². The van der Waals surface area contributed by atoms with Crippen molar-refractivity contribution in [2.45, 2.75) is 4.90 Å². The minimum absolute atomic E-state index is 0.0211. The second kappa shape index (κ2) is 5.34. The number of hydrazine groups is 1. The molecular formula is C10H15N3O4S. The minimum Gasteiger partial charge on any atom is -0.465 e. The topological polar surface area (TPSA) is 102 Å². The molecule has 3 N–H and O–H groups in total. The first-order valence-corrected chi connectivity index (χ1v) is 6.44. The molecule has 0 aliphatic rings. The van der Waals surface area contributed by atoms with Crippen molar-refractivity contribution in [2.24, 2.45) is 0 Å². The highest BCUT2D eigenvalue weighted by atomic mass is 32.2. The van der Waals surface area contributed by atoms with Gasteiger partial charge in [0.1, 0.15) is 4.90 Å². The van der Waals surface area contributed by atoms with Crippen molar-refractivity contribution in [1.82, 2.24) is 9.84 Å². The third kappa shape index (κ3) is 3.19. The van der Waals surface area contributed by atoms with Crippen LogP contribution in [0.25, 0.3) is 0 Å². The Morgan fingerprint density at radius 2 is 2.00 bits per heavy atom. The number of nitrogen functional groups attached to an aromatic ring is 1. The molecule has 7 nitrogen and oxygen atoms in total. The average molecular weight is 273 g/mol. The van der Waals surface area contributed by atoms with E-state index in [0.717, 1.165) is 0 Å². The van der Waals surface area contributed by atoms with Crippen molar-refractivity contribution < 1.29 is 17.9 Å². The smallest absolute Gasteiger partial charge is 0.337 e. The number of benzene rings is 1. The fourth-order valence-corrected chi connectivity index (χ4v) is 2.52. The van der Waals surface area contributed by atoms with Crippen LogP contribution in [0.3, 0.4) is 0 Å². The maximum atomic E-state index is 11.9. The van der Waals surface area contributed by atoms with Crippen molar-refractivity contribution in [2.75, 3.05) is 26.9 Å². The van der Waals surface area contributed by atoms with Crippen molar-refractivity contribution in [3.05, 3.63) is 23.8 Å². The fraction of sp³-hybridized carbons (Fsp3) is 0.300. The van der Waals surface area contributed by atoms with Crippen LogP contribution in [0.5, 0.6) is 0 Å². The van der Waals surface area contributed by atoms with Crippen molar-refractivity contribution >= 4 is 21.7 Å². The monoisotopic (exact) mass is 273 g/mol. The van der Waals surface area contributed by atoms with Crippen LogP contribution >= 0.6 is 0 Å². The Kier molecular flexibility index (Phi) is 4.28. The number of carbonyl (C=O) groups excluding carboxylic acids is 1. The Hall–Kier alpha value is -1.64. The van der Waals surface area contributed by atoms with Crippen LogP contribution in [0.1, 0.15) is 10.4 Å². The summed E-state index contributed by atoms with van der Waals surface area (Å²) in [6.45, 7) is 0. The molecule has 0 saturated heterocycles. The van der Waals surface area contributed by atoms with Crippen LogP contribution < -0.4 is 10.6 Å². The first-order chi connectivity index (χ1) is 8.27. The Balaban J connectivity index is 3.18. The largest absolute Gasteiger partial charge is 0.465 e. The Bertz CT molecular complexity index is 554. The van der Waals surface area contributed by atoms with Gasteiger partial charge in [-0.25, -0.2) is 18.2 Å². The number of nitrogens with zero attached hydrogens (tertiary/aromatic N) is 1. The number of carbonyl (C=O) groups is 1. The molecule has 1 rings (SSSR count). The maximum absolute atomic E-state index is 11.9. The van der Waals surface area contributed by atoms with Crippen molar-refractivity contribution in [3.63, 3.8) is 0 Å². The minimum atomic E-state index is -3.74. The second-order valence-electron chi connectivity index (χ2n) is 3.73. The molecule has 0 radical (unpaired) electrons. The quantitative estimate of drug-likeness (QED) is 0.448. The van der Waals surface area contributed by atoms with Crippen molar-refractivity contribution in [3.8, 4) is 0 Å². The molecule has 1 aromatic carbocycles. The summed E-state index contributed by atoms with van der Waals surface area (Å²) in [5.41, 5.74) is 5.80. The zero-order valence-electron chi connectivity index (χ0n) is 10.3. The van der Waals surface area contributed by atoms with Gasteiger partial charge in [0, 0.05) is 14.1 Å². The molecule has 0 aromatic heterocycles. The van der Waals surface area contributed by atoms with Crippen molar-refractivity contribution in [1.29, 1.82) is 0 Å². The molecule has 0 fully saturated rings. The van der Waals surface area contributed by atoms with Gasteiger partial charge in [-0.05, 0) is 18.2 Å². The number of sulfonamides is 1. The molecule has 100 valence electrons. The van der Waals surface area contributed by atoms with E-state index in [2.05, 4.69) is 9.57 Å². The molecule has 0 heterocycles. The molecule has 0 saturated carbocycles. The summed E-state index contributed by atoms with van der Waals surface area (Å²) in [6, 6.07) is 3.86. The van der Waals surface area contributed by atoms with Crippen LogP contribution in [0.4, 0.5) is 5.69 Å². The average Bonchev–Trinajstić information content (AvgIpc) is 2.25. The number of ether oxygens (including phenoxy) is 1.